The number of aromatic nitrogens is 4. The van der Waals surface area contributed by atoms with Gasteiger partial charge in [0, 0.05) is 55.4 Å². The Balaban J connectivity index is 1.13. The molecule has 3 aromatic heterocycles. The van der Waals surface area contributed by atoms with E-state index < -0.39 is 6.10 Å². The number of carbonyl (C=O) groups is 1. The van der Waals surface area contributed by atoms with Gasteiger partial charge in [0.1, 0.15) is 11.3 Å². The lowest BCUT2D eigenvalue weighted by molar-refractivity contribution is -0.136. The van der Waals surface area contributed by atoms with Crippen LogP contribution in [0.25, 0.3) is 10.9 Å². The molecule has 1 unspecified atom stereocenters. The van der Waals surface area contributed by atoms with E-state index in [4.69, 9.17) is 15.0 Å². The molecule has 204 valence electrons. The van der Waals surface area contributed by atoms with Crippen LogP contribution in [0.5, 0.6) is 0 Å². The van der Waals surface area contributed by atoms with Crippen molar-refractivity contribution < 1.29 is 9.90 Å². The summed E-state index contributed by atoms with van der Waals surface area (Å²) in [5, 5.41) is 14.5. The molecule has 4 aliphatic heterocycles. The Morgan fingerprint density at radius 3 is 2.59 bits per heavy atom. The molecular formula is C29H36N8O2. The fourth-order valence-electron chi connectivity index (χ4n) is 6.94. The summed E-state index contributed by atoms with van der Waals surface area (Å²) in [5.41, 5.74) is 3.58. The van der Waals surface area contributed by atoms with E-state index in [1.165, 1.54) is 25.7 Å². The number of pyridine rings is 2. The molecular weight excluding hydrogens is 492 g/mol. The maximum Gasteiger partial charge on any atom is 0.229 e. The first-order chi connectivity index (χ1) is 18.9. The van der Waals surface area contributed by atoms with E-state index in [9.17, 15) is 9.90 Å². The molecule has 2 atom stereocenters. The van der Waals surface area contributed by atoms with Gasteiger partial charge in [-0.2, -0.15) is 0 Å². The minimum absolute atomic E-state index is 0.113. The summed E-state index contributed by atoms with van der Waals surface area (Å²) >= 11 is 0. The zero-order chi connectivity index (χ0) is 26.7. The summed E-state index contributed by atoms with van der Waals surface area (Å²) in [4.78, 5) is 38.9. The molecule has 3 aromatic rings. The quantitative estimate of drug-likeness (QED) is 0.516. The van der Waals surface area contributed by atoms with Crippen LogP contribution >= 0.6 is 0 Å². The monoisotopic (exact) mass is 528 g/mol. The fourth-order valence-corrected chi connectivity index (χ4v) is 6.94. The maximum atomic E-state index is 13.0. The molecule has 7 rings (SSSR count). The average molecular weight is 529 g/mol. The SMILES string of the molecule is CC(O)c1cc2cnc(Nc3ccc4c(n3)CCN(C(=O)[C@@H]3CCN(C)C3)C4)nc2c(N2C3CCC2CC3)n1. The first-order valence-corrected chi connectivity index (χ1v) is 14.3. The van der Waals surface area contributed by atoms with Crippen molar-refractivity contribution in [1.82, 2.24) is 29.7 Å². The number of hydrogen-bond donors (Lipinski definition) is 2. The number of nitrogens with zero attached hydrogens (tertiary/aromatic N) is 7. The highest BCUT2D eigenvalue weighted by Crippen LogP contribution is 2.42. The lowest BCUT2D eigenvalue weighted by Gasteiger charge is -2.30. The molecule has 3 saturated heterocycles. The first-order valence-electron chi connectivity index (χ1n) is 14.3. The van der Waals surface area contributed by atoms with Gasteiger partial charge >= 0.3 is 0 Å². The van der Waals surface area contributed by atoms with Crippen LogP contribution in [0.2, 0.25) is 0 Å². The second-order valence-corrected chi connectivity index (χ2v) is 11.7. The van der Waals surface area contributed by atoms with Crippen LogP contribution in [0.15, 0.2) is 24.4 Å². The predicted molar refractivity (Wildman–Crippen MR) is 149 cm³/mol. The van der Waals surface area contributed by atoms with Crippen LogP contribution in [-0.2, 0) is 17.8 Å². The van der Waals surface area contributed by atoms with Gasteiger partial charge in [0.25, 0.3) is 0 Å². The molecule has 7 heterocycles. The minimum atomic E-state index is -0.656. The molecule has 1 amide bonds. The maximum absolute atomic E-state index is 13.0. The van der Waals surface area contributed by atoms with Gasteiger partial charge in [0.05, 0.1) is 17.7 Å². The molecule has 2 bridgehead atoms. The van der Waals surface area contributed by atoms with Crippen molar-refractivity contribution in [2.45, 2.75) is 70.2 Å². The second kappa shape index (κ2) is 9.67. The summed E-state index contributed by atoms with van der Waals surface area (Å²) in [7, 11) is 2.08. The topological polar surface area (TPSA) is 111 Å². The standard InChI is InChI=1S/C29H36N8O2/c1-17(38)24-13-20-14-30-29(34-26(20)27(32-24)37-21-4-5-22(37)7-6-21)33-25-8-3-18-16-36(12-10-23(18)31-25)28(39)19-9-11-35(2)15-19/h3,8,13-14,17,19,21-22,38H,4-7,9-12,15-16H2,1-2H3,(H,30,31,33,34)/t17?,19-,21?,22?/m1/s1. The van der Waals surface area contributed by atoms with Crippen molar-refractivity contribution in [2.75, 3.05) is 36.9 Å². The van der Waals surface area contributed by atoms with Gasteiger partial charge in [-0.3, -0.25) is 4.79 Å². The summed E-state index contributed by atoms with van der Waals surface area (Å²) in [6, 6.07) is 6.88. The van der Waals surface area contributed by atoms with Crippen molar-refractivity contribution in [2.24, 2.45) is 5.92 Å². The number of carbonyl (C=O) groups excluding carboxylic acids is 1. The number of aliphatic hydroxyl groups is 1. The average Bonchev–Trinajstić information content (AvgIpc) is 3.68. The lowest BCUT2D eigenvalue weighted by atomic mass is 10.0. The zero-order valence-corrected chi connectivity index (χ0v) is 22.7. The normalized spacial score (nSPS) is 25.4. The van der Waals surface area contributed by atoms with Gasteiger partial charge in [-0.1, -0.05) is 6.07 Å². The highest BCUT2D eigenvalue weighted by atomic mass is 16.3. The zero-order valence-electron chi connectivity index (χ0n) is 22.7. The van der Waals surface area contributed by atoms with E-state index in [1.807, 2.05) is 23.2 Å². The molecule has 4 aliphatic rings. The summed E-state index contributed by atoms with van der Waals surface area (Å²) in [6.45, 7) is 4.91. The Labute approximate surface area is 228 Å². The molecule has 0 aliphatic carbocycles. The number of nitrogens with one attached hydrogen (secondary N) is 1. The molecule has 0 radical (unpaired) electrons. The third-order valence-electron chi connectivity index (χ3n) is 9.03. The largest absolute Gasteiger partial charge is 0.387 e. The van der Waals surface area contributed by atoms with Crippen molar-refractivity contribution in [3.8, 4) is 0 Å². The molecule has 0 aromatic carbocycles. The van der Waals surface area contributed by atoms with Crippen LogP contribution < -0.4 is 10.2 Å². The van der Waals surface area contributed by atoms with Crippen LogP contribution in [0.1, 0.15) is 62.1 Å². The second-order valence-electron chi connectivity index (χ2n) is 11.7. The van der Waals surface area contributed by atoms with Gasteiger partial charge < -0.3 is 25.1 Å². The minimum Gasteiger partial charge on any atom is -0.387 e. The smallest absolute Gasteiger partial charge is 0.229 e. The van der Waals surface area contributed by atoms with E-state index >= 15 is 0 Å². The Morgan fingerprint density at radius 2 is 1.87 bits per heavy atom. The third kappa shape index (κ3) is 4.49. The number of likely N-dealkylation sites (tertiary alicyclic amines) is 1. The van der Waals surface area contributed by atoms with Crippen LogP contribution in [0, 0.1) is 5.92 Å². The fraction of sp³-hybridized carbons (Fsp3) is 0.552. The number of hydrogen-bond acceptors (Lipinski definition) is 9. The van der Waals surface area contributed by atoms with Crippen molar-refractivity contribution in [3.05, 3.63) is 41.3 Å². The summed E-state index contributed by atoms with van der Waals surface area (Å²) in [5.74, 6) is 2.41. The Kier molecular flexibility index (Phi) is 6.12. The van der Waals surface area contributed by atoms with E-state index in [0.29, 0.717) is 42.6 Å². The van der Waals surface area contributed by atoms with Crippen molar-refractivity contribution in [3.63, 3.8) is 0 Å². The number of rotatable bonds is 5. The highest BCUT2D eigenvalue weighted by Gasteiger charge is 2.41. The third-order valence-corrected chi connectivity index (χ3v) is 9.03. The highest BCUT2D eigenvalue weighted by molar-refractivity contribution is 5.90. The summed E-state index contributed by atoms with van der Waals surface area (Å²) < 4.78 is 0. The molecule has 39 heavy (non-hydrogen) atoms. The van der Waals surface area contributed by atoms with E-state index in [1.54, 1.807) is 6.92 Å². The molecule has 2 N–H and O–H groups in total. The van der Waals surface area contributed by atoms with Crippen LogP contribution in [0.4, 0.5) is 17.6 Å². The van der Waals surface area contributed by atoms with Crippen molar-refractivity contribution >= 4 is 34.4 Å². The van der Waals surface area contributed by atoms with Gasteiger partial charge in [-0.25, -0.2) is 19.9 Å². The lowest BCUT2D eigenvalue weighted by Crippen LogP contribution is -2.40. The number of amides is 1. The number of aliphatic hydroxyl groups excluding tert-OH is 1. The van der Waals surface area contributed by atoms with Crippen molar-refractivity contribution in [1.29, 1.82) is 0 Å². The molecule has 0 spiro atoms. The Hall–Kier alpha value is -3.37. The van der Waals surface area contributed by atoms with E-state index in [0.717, 1.165) is 53.9 Å². The van der Waals surface area contributed by atoms with Gasteiger partial charge in [-0.05, 0) is 70.3 Å². The van der Waals surface area contributed by atoms with Crippen LogP contribution in [-0.4, -0.2) is 79.5 Å². The van der Waals surface area contributed by atoms with Gasteiger partial charge in [0.15, 0.2) is 5.82 Å². The Bertz CT molecular complexity index is 1410. The van der Waals surface area contributed by atoms with Crippen LogP contribution in [0.3, 0.4) is 0 Å². The van der Waals surface area contributed by atoms with Gasteiger partial charge in [-0.15, -0.1) is 0 Å². The first kappa shape index (κ1) is 24.7. The van der Waals surface area contributed by atoms with E-state index in [2.05, 4.69) is 33.2 Å². The summed E-state index contributed by atoms with van der Waals surface area (Å²) in [6.07, 6.45) is 7.57. The number of anilines is 3. The number of fused-ring (bicyclic) bond motifs is 4. The molecule has 10 nitrogen and oxygen atoms in total. The molecule has 10 heteroatoms. The predicted octanol–water partition coefficient (Wildman–Crippen LogP) is 3.18. The molecule has 0 saturated carbocycles. The molecule has 3 fully saturated rings. The van der Waals surface area contributed by atoms with Gasteiger partial charge in [0.2, 0.25) is 11.9 Å². The Morgan fingerprint density at radius 1 is 1.08 bits per heavy atom. The van der Waals surface area contributed by atoms with E-state index in [-0.39, 0.29) is 11.8 Å².